The highest BCUT2D eigenvalue weighted by molar-refractivity contribution is 5.97. The Bertz CT molecular complexity index is 985. The number of ether oxygens (including phenoxy) is 2. The Morgan fingerprint density at radius 2 is 1.83 bits per heavy atom. The third-order valence-electron chi connectivity index (χ3n) is 3.97. The number of carbonyl (C=O) groups excluding carboxylic acids is 2. The van der Waals surface area contributed by atoms with Gasteiger partial charge < -0.3 is 14.0 Å². The molecule has 0 fully saturated rings. The molecule has 3 aromatic rings. The summed E-state index contributed by atoms with van der Waals surface area (Å²) in [7, 11) is 0. The molecule has 0 radical (unpaired) electrons. The maximum absolute atomic E-state index is 12.9. The van der Waals surface area contributed by atoms with Gasteiger partial charge in [0.25, 0.3) is 5.89 Å². The van der Waals surface area contributed by atoms with Crippen molar-refractivity contribution in [2.45, 2.75) is 26.4 Å². The van der Waals surface area contributed by atoms with Gasteiger partial charge in [-0.3, -0.25) is 9.59 Å². The summed E-state index contributed by atoms with van der Waals surface area (Å²) in [6.07, 6.45) is -0.147. The molecule has 0 saturated heterocycles. The molecule has 0 saturated carbocycles. The van der Waals surface area contributed by atoms with Gasteiger partial charge in [0, 0.05) is 12.0 Å². The summed E-state index contributed by atoms with van der Waals surface area (Å²) in [5, 5.41) is 3.89. The van der Waals surface area contributed by atoms with E-state index in [4.69, 9.17) is 14.0 Å². The number of rotatable bonds is 9. The Balaban J connectivity index is 1.51. The molecule has 0 aliphatic heterocycles. The number of esters is 1. The van der Waals surface area contributed by atoms with Gasteiger partial charge >= 0.3 is 5.97 Å². The summed E-state index contributed by atoms with van der Waals surface area (Å²) >= 11 is 0. The van der Waals surface area contributed by atoms with Crippen molar-refractivity contribution in [2.24, 2.45) is 0 Å². The summed E-state index contributed by atoms with van der Waals surface area (Å²) in [5.74, 6) is -0.192. The van der Waals surface area contributed by atoms with Crippen molar-refractivity contribution < 1.29 is 28.0 Å². The van der Waals surface area contributed by atoms with Crippen LogP contribution in [0.15, 0.2) is 53.1 Å². The molecule has 1 aromatic heterocycles. The lowest BCUT2D eigenvalue weighted by Gasteiger charge is -2.06. The number of carbonyl (C=O) groups is 2. The standard InChI is InChI=1S/C21H19FN2O5/c1-2-27-18-6-4-3-5-16(18)21-23-19(29-24-21)13-28-20(26)12-11-17(25)14-7-9-15(22)10-8-14/h3-10H,2,11-13H2,1H3. The molecule has 3 rings (SSSR count). The maximum atomic E-state index is 12.9. The minimum Gasteiger partial charge on any atom is -0.493 e. The largest absolute Gasteiger partial charge is 0.493 e. The van der Waals surface area contributed by atoms with Gasteiger partial charge in [0.2, 0.25) is 5.82 Å². The molecule has 29 heavy (non-hydrogen) atoms. The van der Waals surface area contributed by atoms with Crippen LogP contribution >= 0.6 is 0 Å². The van der Waals surface area contributed by atoms with Crippen LogP contribution in [0.1, 0.15) is 36.0 Å². The molecule has 0 spiro atoms. The number of para-hydroxylation sites is 1. The molecule has 8 heteroatoms. The van der Waals surface area contributed by atoms with E-state index in [9.17, 15) is 14.0 Å². The Kier molecular flexibility index (Phi) is 6.67. The van der Waals surface area contributed by atoms with Crippen LogP contribution in [0.3, 0.4) is 0 Å². The van der Waals surface area contributed by atoms with Gasteiger partial charge in [-0.15, -0.1) is 0 Å². The molecule has 0 unspecified atom stereocenters. The summed E-state index contributed by atoms with van der Waals surface area (Å²) in [4.78, 5) is 28.1. The number of hydrogen-bond donors (Lipinski definition) is 0. The van der Waals surface area contributed by atoms with E-state index in [-0.39, 0.29) is 31.1 Å². The first-order valence-electron chi connectivity index (χ1n) is 9.06. The van der Waals surface area contributed by atoms with Crippen LogP contribution in [0.25, 0.3) is 11.4 Å². The van der Waals surface area contributed by atoms with Gasteiger partial charge in [-0.2, -0.15) is 4.98 Å². The van der Waals surface area contributed by atoms with Crippen molar-refractivity contribution in [1.82, 2.24) is 10.1 Å². The van der Waals surface area contributed by atoms with E-state index in [0.717, 1.165) is 0 Å². The highest BCUT2D eigenvalue weighted by Crippen LogP contribution is 2.27. The minimum atomic E-state index is -0.574. The third kappa shape index (κ3) is 5.47. The molecule has 0 atom stereocenters. The summed E-state index contributed by atoms with van der Waals surface area (Å²) in [6.45, 7) is 2.17. The normalized spacial score (nSPS) is 10.6. The molecular formula is C21H19FN2O5. The van der Waals surface area contributed by atoms with Gasteiger partial charge in [0.15, 0.2) is 12.4 Å². The average Bonchev–Trinajstić information content (AvgIpc) is 3.20. The van der Waals surface area contributed by atoms with Crippen molar-refractivity contribution in [3.63, 3.8) is 0 Å². The number of ketones is 1. The van der Waals surface area contributed by atoms with E-state index in [2.05, 4.69) is 10.1 Å². The Labute approximate surface area is 166 Å². The highest BCUT2D eigenvalue weighted by Gasteiger charge is 2.15. The molecule has 0 amide bonds. The van der Waals surface area contributed by atoms with E-state index < -0.39 is 11.8 Å². The lowest BCUT2D eigenvalue weighted by Crippen LogP contribution is -2.08. The quantitative estimate of drug-likeness (QED) is 0.398. The van der Waals surface area contributed by atoms with Crippen molar-refractivity contribution in [3.05, 3.63) is 65.8 Å². The van der Waals surface area contributed by atoms with E-state index >= 15 is 0 Å². The first kappa shape index (κ1) is 20.2. The molecule has 1 heterocycles. The lowest BCUT2D eigenvalue weighted by molar-refractivity contribution is -0.145. The monoisotopic (exact) mass is 398 g/mol. The van der Waals surface area contributed by atoms with E-state index in [0.29, 0.717) is 29.3 Å². The number of nitrogens with zero attached hydrogens (tertiary/aromatic N) is 2. The first-order valence-corrected chi connectivity index (χ1v) is 9.06. The topological polar surface area (TPSA) is 91.5 Å². The minimum absolute atomic E-state index is 0.0404. The smallest absolute Gasteiger partial charge is 0.306 e. The highest BCUT2D eigenvalue weighted by atomic mass is 19.1. The molecule has 0 bridgehead atoms. The number of benzene rings is 2. The van der Waals surface area contributed by atoms with Crippen LogP contribution in [0.2, 0.25) is 0 Å². The Hall–Kier alpha value is -3.55. The molecule has 150 valence electrons. The van der Waals surface area contributed by atoms with Crippen LogP contribution in [0.4, 0.5) is 4.39 Å². The van der Waals surface area contributed by atoms with Gasteiger partial charge in [-0.25, -0.2) is 4.39 Å². The second-order valence-corrected chi connectivity index (χ2v) is 6.03. The lowest BCUT2D eigenvalue weighted by atomic mass is 10.1. The molecule has 0 aliphatic carbocycles. The zero-order valence-corrected chi connectivity index (χ0v) is 15.8. The fourth-order valence-corrected chi connectivity index (χ4v) is 2.57. The SMILES string of the molecule is CCOc1ccccc1-c1noc(COC(=O)CCC(=O)c2ccc(F)cc2)n1. The molecule has 0 aliphatic rings. The van der Waals surface area contributed by atoms with Crippen LogP contribution in [0.5, 0.6) is 5.75 Å². The fraction of sp³-hybridized carbons (Fsp3) is 0.238. The molecular weight excluding hydrogens is 379 g/mol. The predicted octanol–water partition coefficient (Wildman–Crippen LogP) is 3.98. The van der Waals surface area contributed by atoms with Crippen LogP contribution in [0, 0.1) is 5.82 Å². The van der Waals surface area contributed by atoms with Crippen LogP contribution in [-0.4, -0.2) is 28.5 Å². The number of aromatic nitrogens is 2. The van der Waals surface area contributed by atoms with Gasteiger partial charge in [-0.05, 0) is 43.3 Å². The van der Waals surface area contributed by atoms with Crippen molar-refractivity contribution >= 4 is 11.8 Å². The number of hydrogen-bond acceptors (Lipinski definition) is 7. The van der Waals surface area contributed by atoms with Gasteiger partial charge in [0.05, 0.1) is 18.6 Å². The van der Waals surface area contributed by atoms with Crippen LogP contribution < -0.4 is 4.74 Å². The Morgan fingerprint density at radius 3 is 2.59 bits per heavy atom. The van der Waals surface area contributed by atoms with Crippen LogP contribution in [-0.2, 0) is 16.1 Å². The van der Waals surface area contributed by atoms with E-state index in [1.807, 2.05) is 19.1 Å². The van der Waals surface area contributed by atoms with Crippen molar-refractivity contribution in [3.8, 4) is 17.1 Å². The average molecular weight is 398 g/mol. The zero-order chi connectivity index (χ0) is 20.6. The molecule has 2 aromatic carbocycles. The molecule has 0 N–H and O–H groups in total. The van der Waals surface area contributed by atoms with Gasteiger partial charge in [0.1, 0.15) is 11.6 Å². The molecule has 7 nitrogen and oxygen atoms in total. The fourth-order valence-electron chi connectivity index (χ4n) is 2.57. The van der Waals surface area contributed by atoms with E-state index in [1.165, 1.54) is 24.3 Å². The van der Waals surface area contributed by atoms with Crippen molar-refractivity contribution in [1.29, 1.82) is 0 Å². The Morgan fingerprint density at radius 1 is 1.07 bits per heavy atom. The zero-order valence-electron chi connectivity index (χ0n) is 15.8. The summed E-state index contributed by atoms with van der Waals surface area (Å²) < 4.78 is 28.6. The predicted molar refractivity (Wildman–Crippen MR) is 101 cm³/mol. The van der Waals surface area contributed by atoms with Crippen molar-refractivity contribution in [2.75, 3.05) is 6.61 Å². The maximum Gasteiger partial charge on any atom is 0.306 e. The number of Topliss-reactive ketones (excluding diaryl/α,β-unsaturated/α-hetero) is 1. The second kappa shape index (κ2) is 9.59. The number of halogens is 1. The third-order valence-corrected chi connectivity index (χ3v) is 3.97. The second-order valence-electron chi connectivity index (χ2n) is 6.03. The first-order chi connectivity index (χ1) is 14.1. The summed E-state index contributed by atoms with van der Waals surface area (Å²) in [5.41, 5.74) is 1.01. The summed E-state index contributed by atoms with van der Waals surface area (Å²) in [6, 6.07) is 12.4. The van der Waals surface area contributed by atoms with Gasteiger partial charge in [-0.1, -0.05) is 17.3 Å². The van der Waals surface area contributed by atoms with E-state index in [1.54, 1.807) is 12.1 Å².